The monoisotopic (exact) mass is 316 g/mol. The van der Waals surface area contributed by atoms with Crippen LogP contribution in [-0.4, -0.2) is 5.91 Å². The van der Waals surface area contributed by atoms with E-state index < -0.39 is 17.1 Å². The van der Waals surface area contributed by atoms with Crippen molar-refractivity contribution in [3.8, 4) is 6.07 Å². The largest absolute Gasteiger partial charge is 0.322 e. The molecule has 0 bridgehead atoms. The summed E-state index contributed by atoms with van der Waals surface area (Å²) in [7, 11) is 0. The highest BCUT2D eigenvalue weighted by Crippen LogP contribution is 2.46. The van der Waals surface area contributed by atoms with Gasteiger partial charge in [-0.25, -0.2) is 4.39 Å². The Kier molecular flexibility index (Phi) is 3.11. The standard InChI is InChI=1S/C11H7BrClFN2O/c12-7-3-6(14)4-8(13)9(7)16-10(17)11(5-15)1-2-11/h3-4H,1-2H2,(H,16,17). The number of hydrogen-bond acceptors (Lipinski definition) is 2. The number of carbonyl (C=O) groups is 1. The molecule has 0 aliphatic heterocycles. The highest BCUT2D eigenvalue weighted by atomic mass is 79.9. The lowest BCUT2D eigenvalue weighted by molar-refractivity contribution is -0.119. The zero-order chi connectivity index (χ0) is 12.6. The summed E-state index contributed by atoms with van der Waals surface area (Å²) in [5, 5.41) is 11.5. The smallest absolute Gasteiger partial charge is 0.244 e. The quantitative estimate of drug-likeness (QED) is 0.908. The zero-order valence-electron chi connectivity index (χ0n) is 8.56. The molecule has 1 aromatic rings. The van der Waals surface area contributed by atoms with Crippen LogP contribution in [0.3, 0.4) is 0 Å². The van der Waals surface area contributed by atoms with Crippen LogP contribution in [0.15, 0.2) is 16.6 Å². The fourth-order valence-corrected chi connectivity index (χ4v) is 2.31. The molecule has 1 aromatic carbocycles. The lowest BCUT2D eigenvalue weighted by Gasteiger charge is -2.11. The first kappa shape index (κ1) is 12.3. The zero-order valence-corrected chi connectivity index (χ0v) is 10.9. The Morgan fingerprint density at radius 3 is 2.71 bits per heavy atom. The molecular weight excluding hydrogens is 310 g/mol. The molecule has 1 amide bonds. The number of nitrogens with one attached hydrogen (secondary N) is 1. The first-order valence-electron chi connectivity index (χ1n) is 4.86. The summed E-state index contributed by atoms with van der Waals surface area (Å²) < 4.78 is 13.3. The predicted octanol–water partition coefficient (Wildman–Crippen LogP) is 3.48. The minimum atomic E-state index is -0.933. The molecule has 0 heterocycles. The number of nitriles is 1. The lowest BCUT2D eigenvalue weighted by Crippen LogP contribution is -2.23. The molecule has 1 aliphatic carbocycles. The molecule has 3 nitrogen and oxygen atoms in total. The van der Waals surface area contributed by atoms with Gasteiger partial charge in [-0.2, -0.15) is 5.26 Å². The van der Waals surface area contributed by atoms with E-state index in [-0.39, 0.29) is 5.02 Å². The van der Waals surface area contributed by atoms with Gasteiger partial charge in [0.25, 0.3) is 0 Å². The first-order chi connectivity index (χ1) is 7.98. The molecule has 0 saturated heterocycles. The summed E-state index contributed by atoms with van der Waals surface area (Å²) in [5.41, 5.74) is -0.642. The van der Waals surface area contributed by atoms with Crippen LogP contribution in [0.5, 0.6) is 0 Å². The molecule has 1 saturated carbocycles. The van der Waals surface area contributed by atoms with Gasteiger partial charge in [-0.3, -0.25) is 4.79 Å². The van der Waals surface area contributed by atoms with Gasteiger partial charge in [0, 0.05) is 4.47 Å². The fraction of sp³-hybridized carbons (Fsp3) is 0.273. The van der Waals surface area contributed by atoms with Crippen molar-refractivity contribution in [3.63, 3.8) is 0 Å². The van der Waals surface area contributed by atoms with Gasteiger partial charge in [0.15, 0.2) is 0 Å². The van der Waals surface area contributed by atoms with Crippen LogP contribution >= 0.6 is 27.5 Å². The molecule has 1 N–H and O–H groups in total. The average molecular weight is 318 g/mol. The molecule has 0 atom stereocenters. The van der Waals surface area contributed by atoms with E-state index in [4.69, 9.17) is 16.9 Å². The van der Waals surface area contributed by atoms with Gasteiger partial charge >= 0.3 is 0 Å². The Morgan fingerprint density at radius 2 is 2.24 bits per heavy atom. The predicted molar refractivity (Wildman–Crippen MR) is 65.0 cm³/mol. The second-order valence-corrected chi connectivity index (χ2v) is 5.15. The van der Waals surface area contributed by atoms with Crippen molar-refractivity contribution in [1.29, 1.82) is 5.26 Å². The van der Waals surface area contributed by atoms with Gasteiger partial charge < -0.3 is 5.32 Å². The minimum Gasteiger partial charge on any atom is -0.322 e. The number of hydrogen-bond donors (Lipinski definition) is 1. The highest BCUT2D eigenvalue weighted by molar-refractivity contribution is 9.10. The third kappa shape index (κ3) is 2.28. The number of anilines is 1. The van der Waals surface area contributed by atoms with E-state index in [1.54, 1.807) is 0 Å². The number of amides is 1. The van der Waals surface area contributed by atoms with E-state index in [1.807, 2.05) is 6.07 Å². The second kappa shape index (κ2) is 4.28. The summed E-state index contributed by atoms with van der Waals surface area (Å²) >= 11 is 8.94. The van der Waals surface area contributed by atoms with Crippen LogP contribution in [0.1, 0.15) is 12.8 Å². The highest BCUT2D eigenvalue weighted by Gasteiger charge is 2.50. The van der Waals surface area contributed by atoms with Gasteiger partial charge in [-0.15, -0.1) is 0 Å². The van der Waals surface area contributed by atoms with Gasteiger partial charge in [0.2, 0.25) is 5.91 Å². The Balaban J connectivity index is 2.26. The van der Waals surface area contributed by atoms with E-state index in [0.29, 0.717) is 23.0 Å². The summed E-state index contributed by atoms with van der Waals surface area (Å²) in [4.78, 5) is 11.8. The average Bonchev–Trinajstić information content (AvgIpc) is 3.03. The molecule has 0 radical (unpaired) electrons. The van der Waals surface area contributed by atoms with Gasteiger partial charge in [0.05, 0.1) is 16.8 Å². The molecular formula is C11H7BrClFN2O. The molecule has 0 unspecified atom stereocenters. The minimum absolute atomic E-state index is 0.0963. The van der Waals surface area contributed by atoms with E-state index in [0.717, 1.165) is 6.07 Å². The molecule has 6 heteroatoms. The first-order valence-corrected chi connectivity index (χ1v) is 6.03. The van der Waals surface area contributed by atoms with E-state index in [2.05, 4.69) is 21.2 Å². The van der Waals surface area contributed by atoms with E-state index in [1.165, 1.54) is 6.07 Å². The van der Waals surface area contributed by atoms with E-state index >= 15 is 0 Å². The van der Waals surface area contributed by atoms with Crippen LogP contribution in [0.25, 0.3) is 0 Å². The summed E-state index contributed by atoms with van der Waals surface area (Å²) in [5.74, 6) is -0.893. The second-order valence-electron chi connectivity index (χ2n) is 3.89. The van der Waals surface area contributed by atoms with Crippen molar-refractivity contribution in [2.75, 3.05) is 5.32 Å². The van der Waals surface area contributed by atoms with Crippen molar-refractivity contribution in [2.45, 2.75) is 12.8 Å². The maximum absolute atomic E-state index is 13.0. The maximum atomic E-state index is 13.0. The molecule has 2 rings (SSSR count). The molecule has 0 aromatic heterocycles. The third-order valence-corrected chi connectivity index (χ3v) is 3.57. The lowest BCUT2D eigenvalue weighted by atomic mass is 10.1. The Labute approximate surface area is 111 Å². The summed E-state index contributed by atoms with van der Waals surface area (Å²) in [6.07, 6.45) is 1.09. The number of carbonyl (C=O) groups excluding carboxylic acids is 1. The Hall–Kier alpha value is -1.12. The number of rotatable bonds is 2. The van der Waals surface area contributed by atoms with Crippen molar-refractivity contribution >= 4 is 39.1 Å². The van der Waals surface area contributed by atoms with Crippen molar-refractivity contribution < 1.29 is 9.18 Å². The summed E-state index contributed by atoms with van der Waals surface area (Å²) in [6.45, 7) is 0. The van der Waals surface area contributed by atoms with Crippen LogP contribution in [-0.2, 0) is 4.79 Å². The number of halogens is 3. The Bertz CT molecular complexity index is 514. The van der Waals surface area contributed by atoms with E-state index in [9.17, 15) is 9.18 Å². The molecule has 1 aliphatic rings. The SMILES string of the molecule is N#CC1(C(=O)Nc2c(Cl)cc(F)cc2Br)CC1. The number of benzene rings is 1. The van der Waals surface area contributed by atoms with Gasteiger partial charge in [-0.05, 0) is 40.9 Å². The van der Waals surface area contributed by atoms with Crippen molar-refractivity contribution in [2.24, 2.45) is 5.41 Å². The third-order valence-electron chi connectivity index (χ3n) is 2.64. The normalized spacial score (nSPS) is 16.1. The van der Waals surface area contributed by atoms with Gasteiger partial charge in [0.1, 0.15) is 11.2 Å². The van der Waals surface area contributed by atoms with Crippen LogP contribution < -0.4 is 5.32 Å². The number of nitrogens with zero attached hydrogens (tertiary/aromatic N) is 1. The van der Waals surface area contributed by atoms with Gasteiger partial charge in [-0.1, -0.05) is 11.6 Å². The molecule has 88 valence electrons. The van der Waals surface area contributed by atoms with Crippen LogP contribution in [0, 0.1) is 22.6 Å². The molecule has 17 heavy (non-hydrogen) atoms. The van der Waals surface area contributed by atoms with Crippen molar-refractivity contribution in [3.05, 3.63) is 27.4 Å². The fourth-order valence-electron chi connectivity index (χ4n) is 1.41. The Morgan fingerprint density at radius 1 is 1.59 bits per heavy atom. The van der Waals surface area contributed by atoms with Crippen LogP contribution in [0.4, 0.5) is 10.1 Å². The van der Waals surface area contributed by atoms with Crippen LogP contribution in [0.2, 0.25) is 5.02 Å². The topological polar surface area (TPSA) is 52.9 Å². The van der Waals surface area contributed by atoms with Crippen molar-refractivity contribution in [1.82, 2.24) is 0 Å². The summed E-state index contributed by atoms with van der Waals surface area (Å²) in [6, 6.07) is 4.29. The molecule has 1 fully saturated rings. The maximum Gasteiger partial charge on any atom is 0.244 e. The molecule has 0 spiro atoms.